The van der Waals surface area contributed by atoms with E-state index in [1.807, 2.05) is 31.2 Å². The van der Waals surface area contributed by atoms with Crippen LogP contribution in [0.1, 0.15) is 38.4 Å². The summed E-state index contributed by atoms with van der Waals surface area (Å²) >= 11 is 0. The largest absolute Gasteiger partial charge is 0.360 e. The van der Waals surface area contributed by atoms with Gasteiger partial charge in [0.1, 0.15) is 11.6 Å². The Morgan fingerprint density at radius 3 is 2.74 bits per heavy atom. The Morgan fingerprint density at radius 1 is 1.15 bits per heavy atom. The molecular weight excluding hydrogens is 338 g/mol. The molecule has 6 heteroatoms. The number of nitrogens with zero attached hydrogens (tertiary/aromatic N) is 4. The number of hydrogen-bond acceptors (Lipinski definition) is 6. The first kappa shape index (κ1) is 17.5. The van der Waals surface area contributed by atoms with Gasteiger partial charge in [-0.2, -0.15) is 4.98 Å². The molecule has 1 aliphatic heterocycles. The SMILES string of the molecule is CCC1CCCCN1c1cc(-c2ccccc2)nc(Nc2cc(C)on2)n1. The van der Waals surface area contributed by atoms with E-state index in [1.54, 1.807) is 0 Å². The second-order valence-corrected chi connectivity index (χ2v) is 7.00. The van der Waals surface area contributed by atoms with Crippen LogP contribution in [-0.2, 0) is 0 Å². The zero-order valence-corrected chi connectivity index (χ0v) is 15.9. The third-order valence-electron chi connectivity index (χ3n) is 5.04. The van der Waals surface area contributed by atoms with Crippen LogP contribution in [0, 0.1) is 6.92 Å². The first-order chi connectivity index (χ1) is 13.2. The van der Waals surface area contributed by atoms with Crippen molar-refractivity contribution < 1.29 is 4.52 Å². The smallest absolute Gasteiger partial charge is 0.231 e. The van der Waals surface area contributed by atoms with Gasteiger partial charge in [0.25, 0.3) is 0 Å². The van der Waals surface area contributed by atoms with E-state index in [0.717, 1.165) is 35.8 Å². The molecule has 1 fully saturated rings. The topological polar surface area (TPSA) is 67.1 Å². The Balaban J connectivity index is 1.74. The second-order valence-electron chi connectivity index (χ2n) is 7.00. The predicted molar refractivity (Wildman–Crippen MR) is 107 cm³/mol. The lowest BCUT2D eigenvalue weighted by Gasteiger charge is -2.36. The Bertz CT molecular complexity index is 893. The number of rotatable bonds is 5. The Morgan fingerprint density at radius 2 is 2.00 bits per heavy atom. The maximum atomic E-state index is 5.15. The first-order valence-corrected chi connectivity index (χ1v) is 9.64. The van der Waals surface area contributed by atoms with E-state index in [9.17, 15) is 0 Å². The molecule has 3 heterocycles. The minimum Gasteiger partial charge on any atom is -0.360 e. The van der Waals surface area contributed by atoms with E-state index in [4.69, 9.17) is 14.5 Å². The van der Waals surface area contributed by atoms with E-state index < -0.39 is 0 Å². The van der Waals surface area contributed by atoms with Gasteiger partial charge in [-0.1, -0.05) is 42.4 Å². The van der Waals surface area contributed by atoms with Crippen LogP contribution in [0.15, 0.2) is 47.0 Å². The molecule has 0 saturated carbocycles. The molecule has 2 aromatic heterocycles. The quantitative estimate of drug-likeness (QED) is 0.691. The molecule has 140 valence electrons. The fraction of sp³-hybridized carbons (Fsp3) is 0.381. The van der Waals surface area contributed by atoms with Gasteiger partial charge in [-0.25, -0.2) is 4.98 Å². The summed E-state index contributed by atoms with van der Waals surface area (Å²) in [7, 11) is 0. The monoisotopic (exact) mass is 363 g/mol. The van der Waals surface area contributed by atoms with Crippen LogP contribution in [0.2, 0.25) is 0 Å². The van der Waals surface area contributed by atoms with Gasteiger partial charge in [0.05, 0.1) is 5.69 Å². The van der Waals surface area contributed by atoms with Crippen molar-refractivity contribution in [1.29, 1.82) is 0 Å². The highest BCUT2D eigenvalue weighted by Crippen LogP contribution is 2.29. The summed E-state index contributed by atoms with van der Waals surface area (Å²) in [6.45, 7) is 5.15. The fourth-order valence-electron chi connectivity index (χ4n) is 3.66. The summed E-state index contributed by atoms with van der Waals surface area (Å²) in [5, 5.41) is 7.20. The van der Waals surface area contributed by atoms with Crippen molar-refractivity contribution in [3.05, 3.63) is 48.2 Å². The van der Waals surface area contributed by atoms with E-state index >= 15 is 0 Å². The summed E-state index contributed by atoms with van der Waals surface area (Å²) < 4.78 is 5.15. The highest BCUT2D eigenvalue weighted by molar-refractivity contribution is 5.66. The lowest BCUT2D eigenvalue weighted by molar-refractivity contribution is 0.400. The first-order valence-electron chi connectivity index (χ1n) is 9.64. The van der Waals surface area contributed by atoms with Crippen molar-refractivity contribution in [2.45, 2.75) is 45.6 Å². The number of aryl methyl sites for hydroxylation is 1. The molecule has 0 amide bonds. The van der Waals surface area contributed by atoms with E-state index in [0.29, 0.717) is 17.8 Å². The van der Waals surface area contributed by atoms with Crippen LogP contribution in [0.5, 0.6) is 0 Å². The van der Waals surface area contributed by atoms with Crippen molar-refractivity contribution in [1.82, 2.24) is 15.1 Å². The Labute approximate surface area is 159 Å². The van der Waals surface area contributed by atoms with Crippen molar-refractivity contribution >= 4 is 17.6 Å². The molecule has 0 bridgehead atoms. The Kier molecular flexibility index (Phi) is 5.05. The van der Waals surface area contributed by atoms with E-state index in [-0.39, 0.29) is 0 Å². The summed E-state index contributed by atoms with van der Waals surface area (Å²) in [4.78, 5) is 12.0. The zero-order chi connectivity index (χ0) is 18.6. The van der Waals surface area contributed by atoms with Crippen molar-refractivity contribution in [3.8, 4) is 11.3 Å². The Hall–Kier alpha value is -2.89. The third kappa shape index (κ3) is 3.94. The number of piperidine rings is 1. The molecule has 6 nitrogen and oxygen atoms in total. The molecule has 0 radical (unpaired) electrons. The lowest BCUT2D eigenvalue weighted by Crippen LogP contribution is -2.39. The summed E-state index contributed by atoms with van der Waals surface area (Å²) in [6.07, 6.45) is 4.82. The second kappa shape index (κ2) is 7.78. The lowest BCUT2D eigenvalue weighted by atomic mass is 10.00. The van der Waals surface area contributed by atoms with Crippen molar-refractivity contribution in [3.63, 3.8) is 0 Å². The van der Waals surface area contributed by atoms with Gasteiger partial charge in [0.2, 0.25) is 5.95 Å². The summed E-state index contributed by atoms with van der Waals surface area (Å²) in [5.74, 6) is 2.88. The van der Waals surface area contributed by atoms with Gasteiger partial charge < -0.3 is 14.7 Å². The maximum Gasteiger partial charge on any atom is 0.231 e. The molecule has 1 N–H and O–H groups in total. The van der Waals surface area contributed by atoms with Gasteiger partial charge in [-0.3, -0.25) is 0 Å². The molecule has 1 unspecified atom stereocenters. The van der Waals surface area contributed by atoms with Crippen LogP contribution in [0.3, 0.4) is 0 Å². The molecule has 27 heavy (non-hydrogen) atoms. The molecule has 1 aromatic carbocycles. The summed E-state index contributed by atoms with van der Waals surface area (Å²) in [5.41, 5.74) is 1.98. The standard InChI is InChI=1S/C21H25N5O/c1-3-17-11-7-8-12-26(17)20-14-18(16-9-5-4-6-10-16)22-21(24-20)23-19-13-15(2)27-25-19/h4-6,9-10,13-14,17H,3,7-8,11-12H2,1-2H3,(H,22,23,24,25). The van der Waals surface area contributed by atoms with Gasteiger partial charge in [-0.05, 0) is 32.6 Å². The molecular formula is C21H25N5O. The molecule has 0 aliphatic carbocycles. The molecule has 0 spiro atoms. The fourth-order valence-corrected chi connectivity index (χ4v) is 3.66. The predicted octanol–water partition coefficient (Wildman–Crippen LogP) is 4.95. The number of anilines is 3. The van der Waals surface area contributed by atoms with E-state index in [1.165, 1.54) is 19.3 Å². The van der Waals surface area contributed by atoms with Crippen molar-refractivity contribution in [2.24, 2.45) is 0 Å². The average Bonchev–Trinajstić information content (AvgIpc) is 3.13. The summed E-state index contributed by atoms with van der Waals surface area (Å²) in [6, 6.07) is 14.7. The normalized spacial score (nSPS) is 17.1. The zero-order valence-electron chi connectivity index (χ0n) is 15.9. The van der Waals surface area contributed by atoms with Gasteiger partial charge >= 0.3 is 0 Å². The average molecular weight is 363 g/mol. The number of hydrogen-bond donors (Lipinski definition) is 1. The molecule has 3 aromatic rings. The van der Waals surface area contributed by atoms with Gasteiger partial charge in [-0.15, -0.1) is 0 Å². The minimum absolute atomic E-state index is 0.527. The number of aromatic nitrogens is 3. The van der Waals surface area contributed by atoms with Gasteiger partial charge in [0, 0.05) is 30.3 Å². The minimum atomic E-state index is 0.527. The molecule has 1 aliphatic rings. The molecule has 4 rings (SSSR count). The third-order valence-corrected chi connectivity index (χ3v) is 5.04. The van der Waals surface area contributed by atoms with Crippen LogP contribution in [0.4, 0.5) is 17.6 Å². The van der Waals surface area contributed by atoms with Crippen LogP contribution < -0.4 is 10.2 Å². The highest BCUT2D eigenvalue weighted by Gasteiger charge is 2.23. The number of benzene rings is 1. The maximum absolute atomic E-state index is 5.15. The number of nitrogens with one attached hydrogen (secondary N) is 1. The van der Waals surface area contributed by atoms with E-state index in [2.05, 4.69) is 40.5 Å². The van der Waals surface area contributed by atoms with Crippen LogP contribution in [0.25, 0.3) is 11.3 Å². The van der Waals surface area contributed by atoms with Crippen LogP contribution in [-0.4, -0.2) is 27.7 Å². The van der Waals surface area contributed by atoms with Crippen LogP contribution >= 0.6 is 0 Å². The highest BCUT2D eigenvalue weighted by atomic mass is 16.5. The van der Waals surface area contributed by atoms with Crippen molar-refractivity contribution in [2.75, 3.05) is 16.8 Å². The molecule has 1 saturated heterocycles. The molecule has 1 atom stereocenters. The van der Waals surface area contributed by atoms with Gasteiger partial charge in [0.15, 0.2) is 5.82 Å².